The number of carbonyl (C=O) groups excluding carboxylic acids is 4. The van der Waals surface area contributed by atoms with Gasteiger partial charge < -0.3 is 20.3 Å². The van der Waals surface area contributed by atoms with Crippen LogP contribution in [0, 0.1) is 5.92 Å². The first-order valence-corrected chi connectivity index (χ1v) is 17.3. The van der Waals surface area contributed by atoms with Crippen LogP contribution >= 0.6 is 28.6 Å². The predicted molar refractivity (Wildman–Crippen MR) is 169 cm³/mol. The van der Waals surface area contributed by atoms with Gasteiger partial charge in [-0.15, -0.1) is 6.58 Å². The second kappa shape index (κ2) is 12.7. The molecule has 3 aliphatic rings. The maximum absolute atomic E-state index is 13.9. The second-order valence-electron chi connectivity index (χ2n) is 11.4. The number of hydrogen-bond donors (Lipinski definition) is 4. The highest BCUT2D eigenvalue weighted by molar-refractivity contribution is 9.10. The van der Waals surface area contributed by atoms with Gasteiger partial charge in [0, 0.05) is 34.8 Å². The van der Waals surface area contributed by atoms with Crippen LogP contribution in [-0.4, -0.2) is 83.2 Å². The number of nitrogens with one attached hydrogen (secondary N) is 3. The number of fused-ring (bicyclic) bond motifs is 1. The molecule has 1 aromatic heterocycles. The van der Waals surface area contributed by atoms with E-state index < -0.39 is 62.6 Å². The average Bonchev–Trinajstić information content (AvgIpc) is 3.90. The van der Waals surface area contributed by atoms with Crippen LogP contribution in [0.15, 0.2) is 47.6 Å². The third-order valence-electron chi connectivity index (χ3n) is 8.15. The maximum Gasteiger partial charge on any atom is 0.259 e. The molecule has 236 valence electrons. The summed E-state index contributed by atoms with van der Waals surface area (Å²) in [4.78, 5) is 58.6. The minimum Gasteiger partial charge on any atom is -0.472 e. The zero-order valence-electron chi connectivity index (χ0n) is 24.0. The van der Waals surface area contributed by atoms with Crippen molar-refractivity contribution < 1.29 is 32.3 Å². The monoisotopic (exact) mass is 707 g/mol. The molecule has 1 saturated heterocycles. The van der Waals surface area contributed by atoms with Gasteiger partial charge in [-0.3, -0.25) is 23.9 Å². The van der Waals surface area contributed by atoms with Crippen molar-refractivity contribution in [1.29, 1.82) is 0 Å². The Hall–Kier alpha value is -3.17. The smallest absolute Gasteiger partial charge is 0.259 e. The summed E-state index contributed by atoms with van der Waals surface area (Å²) in [6, 6.07) is 5.47. The van der Waals surface area contributed by atoms with Crippen molar-refractivity contribution in [3.05, 3.63) is 47.6 Å². The van der Waals surface area contributed by atoms with Crippen molar-refractivity contribution in [1.82, 2.24) is 25.2 Å². The molecule has 2 aliphatic carbocycles. The molecule has 2 saturated carbocycles. The Morgan fingerprint density at radius 2 is 2.02 bits per heavy atom. The van der Waals surface area contributed by atoms with Gasteiger partial charge in [0.2, 0.25) is 33.6 Å². The van der Waals surface area contributed by atoms with E-state index in [4.69, 9.17) is 4.74 Å². The van der Waals surface area contributed by atoms with E-state index >= 15 is 0 Å². The summed E-state index contributed by atoms with van der Waals surface area (Å²) in [5.74, 6) is -2.21. The molecule has 5 atom stereocenters. The van der Waals surface area contributed by atoms with E-state index in [1.165, 1.54) is 17.9 Å². The van der Waals surface area contributed by atoms with Gasteiger partial charge in [-0.2, -0.15) is 12.6 Å². The molecule has 0 unspecified atom stereocenters. The Kier molecular flexibility index (Phi) is 9.29. The lowest BCUT2D eigenvalue weighted by Crippen LogP contribution is -2.58. The summed E-state index contributed by atoms with van der Waals surface area (Å²) in [5.41, 5.74) is -1.51. The third-order valence-corrected chi connectivity index (χ3v) is 10.7. The normalized spacial score (nSPS) is 25.2. The fourth-order valence-electron chi connectivity index (χ4n) is 5.49. The topological polar surface area (TPSA) is 164 Å². The van der Waals surface area contributed by atoms with Gasteiger partial charge in [0.15, 0.2) is 0 Å². The van der Waals surface area contributed by atoms with Crippen molar-refractivity contribution in [2.45, 2.75) is 68.0 Å². The standard InChI is InChI=1S/C29H34BrN5O7S2/c1-3-18-14-29(18,28(39)34-44(40,41)21-6-7-21)33-25(37)23-13-20(15-35(23)27(38)16(2)32-24(36)9-11-43)42-26-22-12-19(30)5-4-17(22)8-10-31-26/h3-5,8,10,12,16,18,20-21,23,43H,1,6-7,9,11,13-15H2,2H3,(H,32,36)(H,33,37)(H,34,39)/t16-,18-,20-,23+,29-/m1/s1. The number of pyridine rings is 1. The molecule has 2 aromatic rings. The average molecular weight is 709 g/mol. The van der Waals surface area contributed by atoms with Gasteiger partial charge in [-0.25, -0.2) is 13.4 Å². The minimum absolute atomic E-state index is 0.00983. The van der Waals surface area contributed by atoms with E-state index in [0.717, 1.165) is 15.2 Å². The van der Waals surface area contributed by atoms with Gasteiger partial charge >= 0.3 is 0 Å². The molecular formula is C29H34BrN5O7S2. The lowest BCUT2D eigenvalue weighted by atomic mass is 10.1. The first kappa shape index (κ1) is 32.2. The fourth-order valence-corrected chi connectivity index (χ4v) is 7.41. The third kappa shape index (κ3) is 6.74. The number of benzene rings is 1. The molecule has 0 spiro atoms. The maximum atomic E-state index is 13.9. The zero-order valence-corrected chi connectivity index (χ0v) is 27.3. The summed E-state index contributed by atoms with van der Waals surface area (Å²) in [6.07, 6.45) is 3.74. The molecule has 1 aromatic carbocycles. The lowest BCUT2D eigenvalue weighted by molar-refractivity contribution is -0.142. The number of sulfonamides is 1. The van der Waals surface area contributed by atoms with Crippen LogP contribution in [0.3, 0.4) is 0 Å². The summed E-state index contributed by atoms with van der Waals surface area (Å²) in [6.45, 7) is 5.26. The van der Waals surface area contributed by atoms with Crippen molar-refractivity contribution in [2.24, 2.45) is 5.92 Å². The summed E-state index contributed by atoms with van der Waals surface area (Å²) in [5, 5.41) is 6.38. The summed E-state index contributed by atoms with van der Waals surface area (Å²) < 4.78 is 34.2. The van der Waals surface area contributed by atoms with Gasteiger partial charge in [0.1, 0.15) is 23.7 Å². The van der Waals surface area contributed by atoms with Crippen molar-refractivity contribution >= 4 is 73.0 Å². The second-order valence-corrected chi connectivity index (χ2v) is 14.7. The molecule has 0 bridgehead atoms. The molecule has 3 fully saturated rings. The summed E-state index contributed by atoms with van der Waals surface area (Å²) in [7, 11) is -3.86. The van der Waals surface area contributed by atoms with E-state index in [-0.39, 0.29) is 31.7 Å². The highest BCUT2D eigenvalue weighted by atomic mass is 79.9. The first-order chi connectivity index (χ1) is 20.9. The Balaban J connectivity index is 1.38. The van der Waals surface area contributed by atoms with Crippen molar-refractivity contribution in [3.63, 3.8) is 0 Å². The van der Waals surface area contributed by atoms with Crippen LogP contribution in [0.25, 0.3) is 10.8 Å². The molecule has 44 heavy (non-hydrogen) atoms. The molecule has 0 radical (unpaired) electrons. The molecule has 12 nitrogen and oxygen atoms in total. The first-order valence-electron chi connectivity index (χ1n) is 14.3. The fraction of sp³-hybridized carbons (Fsp3) is 0.483. The number of amides is 4. The van der Waals surface area contributed by atoms with E-state index in [2.05, 4.69) is 55.5 Å². The number of likely N-dealkylation sites (tertiary alicyclic amines) is 1. The molecule has 2 heterocycles. The highest BCUT2D eigenvalue weighted by Gasteiger charge is 2.62. The number of hydrogen-bond acceptors (Lipinski definition) is 9. The van der Waals surface area contributed by atoms with Crippen LogP contribution in [0.2, 0.25) is 0 Å². The molecule has 1 aliphatic heterocycles. The van der Waals surface area contributed by atoms with Gasteiger partial charge in [-0.05, 0) is 55.5 Å². The quantitative estimate of drug-likeness (QED) is 0.192. The van der Waals surface area contributed by atoms with Gasteiger partial charge in [0.25, 0.3) is 5.91 Å². The SMILES string of the molecule is C=C[C@@H]1C[C@]1(NC(=O)[C@@H]1C[C@@H](Oc2nccc3ccc(Br)cc23)CN1C(=O)[C@@H](C)NC(=O)CCS)C(=O)NS(=O)(=O)C1CC1. The number of halogens is 1. The minimum atomic E-state index is -3.86. The molecule has 5 rings (SSSR count). The van der Waals surface area contributed by atoms with Crippen LogP contribution in [0.1, 0.15) is 39.0 Å². The molecule has 3 N–H and O–H groups in total. The Labute approximate surface area is 269 Å². The number of ether oxygens (including phenoxy) is 1. The number of carbonyl (C=O) groups is 4. The molecule has 15 heteroatoms. The largest absolute Gasteiger partial charge is 0.472 e. The predicted octanol–water partition coefficient (Wildman–Crippen LogP) is 1.84. The lowest BCUT2D eigenvalue weighted by Gasteiger charge is -2.28. The van der Waals surface area contributed by atoms with Gasteiger partial charge in [-0.1, -0.05) is 28.1 Å². The van der Waals surface area contributed by atoms with Crippen LogP contribution in [0.4, 0.5) is 0 Å². The van der Waals surface area contributed by atoms with Crippen LogP contribution in [0.5, 0.6) is 5.88 Å². The van der Waals surface area contributed by atoms with Crippen molar-refractivity contribution in [2.75, 3.05) is 12.3 Å². The number of thiol groups is 1. The highest BCUT2D eigenvalue weighted by Crippen LogP contribution is 2.45. The Morgan fingerprint density at radius 3 is 2.68 bits per heavy atom. The van der Waals surface area contributed by atoms with Crippen molar-refractivity contribution in [3.8, 4) is 5.88 Å². The number of nitrogens with zero attached hydrogens (tertiary/aromatic N) is 2. The van der Waals surface area contributed by atoms with E-state index in [1.54, 1.807) is 6.20 Å². The Bertz CT molecular complexity index is 1620. The van der Waals surface area contributed by atoms with Gasteiger partial charge in [0.05, 0.1) is 11.8 Å². The number of rotatable bonds is 12. The van der Waals surface area contributed by atoms with E-state index in [1.807, 2.05) is 24.3 Å². The van der Waals surface area contributed by atoms with E-state index in [9.17, 15) is 27.6 Å². The molecule has 4 amide bonds. The Morgan fingerprint density at radius 1 is 1.27 bits per heavy atom. The zero-order chi connectivity index (χ0) is 31.8. The summed E-state index contributed by atoms with van der Waals surface area (Å²) >= 11 is 7.52. The molecular weight excluding hydrogens is 674 g/mol. The number of aromatic nitrogens is 1. The van der Waals surface area contributed by atoms with Crippen LogP contribution in [-0.2, 0) is 29.2 Å². The van der Waals surface area contributed by atoms with Crippen LogP contribution < -0.4 is 20.1 Å². The van der Waals surface area contributed by atoms with E-state index in [0.29, 0.717) is 24.5 Å².